The fraction of sp³-hybridized carbons (Fsp3) is 0.382. The number of nitrogens with zero attached hydrogens (tertiary/aromatic N) is 17. The summed E-state index contributed by atoms with van der Waals surface area (Å²) >= 11 is 3.63. The molecule has 11 aromatic rings. The number of piperidine rings is 5. The first kappa shape index (κ1) is 84.6. The third kappa shape index (κ3) is 19.5. The van der Waals surface area contributed by atoms with Crippen LogP contribution in [0.15, 0.2) is 206 Å². The van der Waals surface area contributed by atoms with E-state index in [-0.39, 0.29) is 23.8 Å². The van der Waals surface area contributed by atoms with E-state index < -0.39 is 0 Å². The van der Waals surface area contributed by atoms with Crippen molar-refractivity contribution >= 4 is 73.6 Å². The van der Waals surface area contributed by atoms with Gasteiger partial charge in [0.15, 0.2) is 0 Å². The summed E-state index contributed by atoms with van der Waals surface area (Å²) in [6.07, 6.45) is 32.2. The molecule has 22 heteroatoms. The largest absolute Gasteiger partial charge is 0.491 e. The van der Waals surface area contributed by atoms with Crippen molar-refractivity contribution in [3.8, 4) is 22.6 Å². The second-order valence-electron chi connectivity index (χ2n) is 34.4. The molecule has 0 radical (unpaired) electrons. The minimum Gasteiger partial charge on any atom is -0.491 e. The van der Waals surface area contributed by atoms with Crippen LogP contribution >= 0.6 is 15.9 Å². The Morgan fingerprint density at radius 1 is 0.323 bits per heavy atom. The number of aliphatic imine (C=N–C) groups is 5. The highest BCUT2D eigenvalue weighted by Gasteiger charge is 2.30. The van der Waals surface area contributed by atoms with E-state index in [4.69, 9.17) is 24.5 Å². The lowest BCUT2D eigenvalue weighted by atomic mass is 9.96. The standard InChI is InChI=1S/C22H22FN5.C22H27N3O.C21H24FN3O.C19H21N3.C18H18BrN3/c1-27-14-17(12-26-27)16-9-18-19(20(23)10-16)13-25-22(18)15-5-6-24-21(11-15)28-7-3-2-4-8-28;1-15(2)26-18-11-16(3)20-14-24-22(19(20)13-18)17-7-8-23-21(12-17)25-9-5-4-6-10-25;1-14(2)26-16-11-17-18(19(22)12-16)13-24-21(17)15-6-7-23-20(10-15)25-8-4-3-5-9-25;1-14-6-5-7-16-17(14)13-21-19(16)15-8-9-20-18(12-15)22-10-3-2-4-11-22;19-16-6-4-5-14-15(16)12-21-18(14)13-7-8-20-17(11-13)22-9-2-1-3-10-22/h5-6,9-12,14H,2-4,7-8,13H2,1H3;7-8,11-13,15H,4-6,9-10,14H2,1-3H3;6-7,10-12,14H,3-5,8-9,13H2,1-2H3;5-9,12H,2-4,10-11,13H2,1H3;4-8,11H,1-3,9-10,12H2. The molecule has 16 heterocycles. The minimum absolute atomic E-state index is 0.000807. The molecule has 5 aromatic carbocycles. The number of hydrogen-bond acceptors (Lipinski definition) is 18. The van der Waals surface area contributed by atoms with Gasteiger partial charge in [-0.3, -0.25) is 29.6 Å². The van der Waals surface area contributed by atoms with Crippen LogP contribution in [0.1, 0.15) is 219 Å². The van der Waals surface area contributed by atoms with E-state index in [9.17, 15) is 8.78 Å². The molecule has 0 amide bonds. The van der Waals surface area contributed by atoms with Crippen LogP contribution in [-0.2, 0) is 39.8 Å². The van der Waals surface area contributed by atoms with Crippen LogP contribution in [0.25, 0.3) is 11.1 Å². The molecule has 0 unspecified atom stereocenters. The van der Waals surface area contributed by atoms with Gasteiger partial charge in [-0.25, -0.2) is 33.7 Å². The second kappa shape index (κ2) is 39.0. The van der Waals surface area contributed by atoms with Crippen molar-refractivity contribution in [3.05, 3.63) is 288 Å². The number of anilines is 5. The molecule has 10 aliphatic rings. The zero-order valence-corrected chi connectivity index (χ0v) is 74.3. The summed E-state index contributed by atoms with van der Waals surface area (Å²) in [6.45, 7) is 26.2. The first-order valence-corrected chi connectivity index (χ1v) is 45.6. The van der Waals surface area contributed by atoms with Crippen molar-refractivity contribution in [1.29, 1.82) is 0 Å². The van der Waals surface area contributed by atoms with E-state index >= 15 is 0 Å². The summed E-state index contributed by atoms with van der Waals surface area (Å²) < 4.78 is 43.8. The third-order valence-electron chi connectivity index (χ3n) is 24.9. The van der Waals surface area contributed by atoms with Gasteiger partial charge in [0.1, 0.15) is 52.2 Å². The quantitative estimate of drug-likeness (QED) is 0.0947. The lowest BCUT2D eigenvalue weighted by Crippen LogP contribution is -2.30. The monoisotopic (exact) mass is 1720 g/mol. The maximum absolute atomic E-state index is 14.8. The molecular formula is C102H112BrF2N17O2. The van der Waals surface area contributed by atoms with Crippen LogP contribution in [0.4, 0.5) is 37.9 Å². The van der Waals surface area contributed by atoms with Crippen LogP contribution in [0.3, 0.4) is 0 Å². The average Bonchev–Trinajstić information content (AvgIpc) is 1.64. The summed E-state index contributed by atoms with van der Waals surface area (Å²) in [5.41, 5.74) is 25.5. The SMILES string of the molecule is Brc1cccc2c1CN=C2c1ccnc(N2CCCCC2)c1.CC(C)Oc1cc(F)c2c(c1)C(c1ccnc(N3CCCCC3)c1)=NC2.Cc1cc(OC(C)C)cc2c1CN=C2c1ccnc(N2CCCCC2)c1.Cc1cccc2c1CN=C2c1ccnc(N2CCCCC2)c1.Cn1cc(-c2cc(F)c3c(c2)C(c2ccnc(N4CCCCC4)c2)=NC3)cn1. The number of fused-ring (bicyclic) bond motifs is 5. The maximum atomic E-state index is 14.8. The Morgan fingerprint density at radius 3 is 1.02 bits per heavy atom. The number of pyridine rings is 5. The lowest BCUT2D eigenvalue weighted by molar-refractivity contribution is 0.241. The molecule has 0 spiro atoms. The molecule has 5 saturated heterocycles. The number of hydrogen-bond donors (Lipinski definition) is 0. The van der Waals surface area contributed by atoms with Crippen molar-refractivity contribution in [1.82, 2.24) is 34.7 Å². The van der Waals surface area contributed by atoms with Crippen LogP contribution in [0, 0.1) is 25.5 Å². The Labute approximate surface area is 736 Å². The van der Waals surface area contributed by atoms with E-state index in [1.807, 2.05) is 82.3 Å². The fourth-order valence-electron chi connectivity index (χ4n) is 18.4. The van der Waals surface area contributed by atoms with Gasteiger partial charge in [0.05, 0.1) is 79.7 Å². The van der Waals surface area contributed by atoms with Crippen molar-refractivity contribution in [3.63, 3.8) is 0 Å². The predicted octanol–water partition coefficient (Wildman–Crippen LogP) is 20.7. The molecule has 124 heavy (non-hydrogen) atoms. The Kier molecular flexibility index (Phi) is 26.6. The van der Waals surface area contributed by atoms with E-state index in [0.29, 0.717) is 30.0 Å². The molecule has 5 fully saturated rings. The molecular weight excluding hydrogens is 1610 g/mol. The van der Waals surface area contributed by atoms with Gasteiger partial charge in [0.25, 0.3) is 0 Å². The molecule has 0 N–H and O–H groups in total. The number of ether oxygens (including phenoxy) is 2. The smallest absolute Gasteiger partial charge is 0.132 e. The van der Waals surface area contributed by atoms with E-state index in [1.165, 1.54) is 158 Å². The molecule has 10 aliphatic heterocycles. The third-order valence-corrected chi connectivity index (χ3v) is 25.6. The van der Waals surface area contributed by atoms with Crippen molar-refractivity contribution in [2.45, 2.75) is 183 Å². The summed E-state index contributed by atoms with van der Waals surface area (Å²) in [6, 6.07) is 45.0. The normalized spacial score (nSPS) is 16.8. The summed E-state index contributed by atoms with van der Waals surface area (Å²) in [5.74, 6) is 6.24. The predicted molar refractivity (Wildman–Crippen MR) is 501 cm³/mol. The highest BCUT2D eigenvalue weighted by atomic mass is 79.9. The zero-order chi connectivity index (χ0) is 85.2. The topological polar surface area (TPSA) is 179 Å². The minimum atomic E-state index is -0.248. The zero-order valence-electron chi connectivity index (χ0n) is 72.7. The Morgan fingerprint density at radius 2 is 0.645 bits per heavy atom. The number of benzene rings is 5. The van der Waals surface area contributed by atoms with Crippen LogP contribution in [0.5, 0.6) is 11.5 Å². The molecule has 21 rings (SSSR count). The van der Waals surface area contributed by atoms with Crippen LogP contribution in [-0.4, -0.2) is 141 Å². The molecule has 6 aromatic heterocycles. The maximum Gasteiger partial charge on any atom is 0.132 e. The van der Waals surface area contributed by atoms with Gasteiger partial charge in [0, 0.05) is 193 Å². The molecule has 0 atom stereocenters. The van der Waals surface area contributed by atoms with Crippen molar-refractivity contribution < 1.29 is 18.3 Å². The first-order valence-electron chi connectivity index (χ1n) is 44.9. The van der Waals surface area contributed by atoms with Gasteiger partial charge in [0.2, 0.25) is 0 Å². The van der Waals surface area contributed by atoms with Gasteiger partial charge >= 0.3 is 0 Å². The van der Waals surface area contributed by atoms with Gasteiger partial charge in [-0.1, -0.05) is 46.3 Å². The molecule has 0 aliphatic carbocycles. The van der Waals surface area contributed by atoms with Gasteiger partial charge in [-0.15, -0.1) is 0 Å². The van der Waals surface area contributed by atoms with Crippen LogP contribution < -0.4 is 34.0 Å². The van der Waals surface area contributed by atoms with E-state index in [2.05, 4.69) is 205 Å². The highest BCUT2D eigenvalue weighted by Crippen LogP contribution is 2.38. The number of rotatable bonds is 15. The molecule has 638 valence electrons. The molecule has 19 nitrogen and oxygen atoms in total. The number of aryl methyl sites for hydroxylation is 3. The Hall–Kier alpha value is -11.7. The first-order chi connectivity index (χ1) is 60.6. The Bertz CT molecular complexity index is 5570. The van der Waals surface area contributed by atoms with Gasteiger partial charge in [-0.05, 0) is 268 Å². The van der Waals surface area contributed by atoms with E-state index in [1.54, 1.807) is 16.9 Å². The average molecular weight is 1730 g/mol. The summed E-state index contributed by atoms with van der Waals surface area (Å²) in [7, 11) is 1.86. The highest BCUT2D eigenvalue weighted by molar-refractivity contribution is 9.10. The lowest BCUT2D eigenvalue weighted by Gasteiger charge is -2.28. The van der Waals surface area contributed by atoms with Gasteiger partial charge in [-0.2, -0.15) is 5.10 Å². The van der Waals surface area contributed by atoms with E-state index in [0.717, 1.165) is 192 Å². The van der Waals surface area contributed by atoms with Gasteiger partial charge < -0.3 is 34.0 Å². The molecule has 0 bridgehead atoms. The van der Waals surface area contributed by atoms with Crippen molar-refractivity contribution in [2.24, 2.45) is 32.0 Å². The summed E-state index contributed by atoms with van der Waals surface area (Å²) in [5, 5.41) is 4.21. The molecule has 0 saturated carbocycles. The summed E-state index contributed by atoms with van der Waals surface area (Å²) in [4.78, 5) is 58.4. The van der Waals surface area contributed by atoms with Crippen molar-refractivity contribution in [2.75, 3.05) is 89.9 Å². The second-order valence-corrected chi connectivity index (χ2v) is 35.2. The Balaban J connectivity index is 0.000000110. The van der Waals surface area contributed by atoms with Crippen LogP contribution in [0.2, 0.25) is 0 Å². The fourth-order valence-corrected chi connectivity index (χ4v) is 18.9. The number of halogens is 3. The number of aromatic nitrogens is 7.